The summed E-state index contributed by atoms with van der Waals surface area (Å²) in [7, 11) is 0. The SMILES string of the molecule is N#C/C(=C\c1cn(Cc2ccc(F)cc2)c2ccc(Br)cc12)C(=O)NC[C@@H]1CCCO1. The summed E-state index contributed by atoms with van der Waals surface area (Å²) >= 11 is 3.50. The molecular weight excluding hydrogens is 461 g/mol. The molecular formula is C24H21BrFN3O2. The van der Waals surface area contributed by atoms with Crippen molar-refractivity contribution in [1.82, 2.24) is 9.88 Å². The molecule has 1 aromatic heterocycles. The zero-order valence-corrected chi connectivity index (χ0v) is 18.4. The number of benzene rings is 2. The molecule has 0 unspecified atom stereocenters. The van der Waals surface area contributed by atoms with Crippen LogP contribution in [0.1, 0.15) is 24.0 Å². The summed E-state index contributed by atoms with van der Waals surface area (Å²) in [5, 5.41) is 13.3. The van der Waals surface area contributed by atoms with Crippen molar-refractivity contribution >= 4 is 38.8 Å². The highest BCUT2D eigenvalue weighted by Crippen LogP contribution is 2.28. The van der Waals surface area contributed by atoms with Crippen molar-refractivity contribution in [3.8, 4) is 6.07 Å². The Kier molecular flexibility index (Phi) is 6.50. The maximum atomic E-state index is 13.3. The molecule has 0 radical (unpaired) electrons. The lowest BCUT2D eigenvalue weighted by Gasteiger charge is -2.10. The van der Waals surface area contributed by atoms with Gasteiger partial charge in [0.1, 0.15) is 17.5 Å². The summed E-state index contributed by atoms with van der Waals surface area (Å²) < 4.78 is 21.7. The smallest absolute Gasteiger partial charge is 0.262 e. The Bertz CT molecular complexity index is 1170. The lowest BCUT2D eigenvalue weighted by molar-refractivity contribution is -0.117. The standard InChI is InChI=1S/C24H21BrFN3O2/c25-19-5-8-23-22(11-19)18(15-29(23)14-16-3-6-20(26)7-4-16)10-17(12-27)24(30)28-13-21-2-1-9-31-21/h3-8,10-11,15,21H,1-2,9,13-14H2,(H,28,30)/b17-10+/t21-/m0/s1. The molecule has 1 aliphatic rings. The molecule has 5 nitrogen and oxygen atoms in total. The summed E-state index contributed by atoms with van der Waals surface area (Å²) in [5.74, 6) is -0.686. The van der Waals surface area contributed by atoms with Crippen molar-refractivity contribution < 1.29 is 13.9 Å². The van der Waals surface area contributed by atoms with E-state index < -0.39 is 5.91 Å². The molecule has 2 heterocycles. The number of rotatable bonds is 6. The quantitative estimate of drug-likeness (QED) is 0.406. The number of nitrogens with one attached hydrogen (secondary N) is 1. The molecule has 1 N–H and O–H groups in total. The van der Waals surface area contributed by atoms with Crippen LogP contribution in [-0.2, 0) is 16.1 Å². The van der Waals surface area contributed by atoms with Gasteiger partial charge in [0, 0.05) is 46.8 Å². The van der Waals surface area contributed by atoms with E-state index in [1.54, 1.807) is 18.2 Å². The van der Waals surface area contributed by atoms with Crippen LogP contribution in [0.2, 0.25) is 0 Å². The number of hydrogen-bond donors (Lipinski definition) is 1. The van der Waals surface area contributed by atoms with Crippen molar-refractivity contribution in [3.05, 3.63) is 75.7 Å². The first-order valence-corrected chi connectivity index (χ1v) is 10.9. The first-order chi connectivity index (χ1) is 15.0. The number of halogens is 2. The van der Waals surface area contributed by atoms with Crippen LogP contribution in [-0.4, -0.2) is 29.7 Å². The molecule has 158 valence electrons. The Morgan fingerprint density at radius 2 is 2.13 bits per heavy atom. The molecule has 0 spiro atoms. The first-order valence-electron chi connectivity index (χ1n) is 10.1. The van der Waals surface area contributed by atoms with Crippen LogP contribution in [0, 0.1) is 17.1 Å². The number of ether oxygens (including phenoxy) is 1. The Labute approximate surface area is 188 Å². The number of carbonyl (C=O) groups excluding carboxylic acids is 1. The second-order valence-electron chi connectivity index (χ2n) is 7.52. The molecule has 3 aromatic rings. The minimum atomic E-state index is -0.410. The number of fused-ring (bicyclic) bond motifs is 1. The molecule has 1 saturated heterocycles. The average molecular weight is 482 g/mol. The van der Waals surface area contributed by atoms with Gasteiger partial charge in [0.15, 0.2) is 0 Å². The minimum absolute atomic E-state index is 0.0115. The van der Waals surface area contributed by atoms with Gasteiger partial charge in [-0.15, -0.1) is 0 Å². The molecule has 7 heteroatoms. The van der Waals surface area contributed by atoms with Gasteiger partial charge in [0.05, 0.1) is 6.10 Å². The van der Waals surface area contributed by atoms with Gasteiger partial charge in [0.25, 0.3) is 5.91 Å². The van der Waals surface area contributed by atoms with Gasteiger partial charge >= 0.3 is 0 Å². The van der Waals surface area contributed by atoms with E-state index in [0.29, 0.717) is 19.7 Å². The zero-order valence-electron chi connectivity index (χ0n) is 16.8. The molecule has 4 rings (SSSR count). The topological polar surface area (TPSA) is 67.0 Å². The van der Waals surface area contributed by atoms with E-state index in [4.69, 9.17) is 4.74 Å². The van der Waals surface area contributed by atoms with Crippen molar-refractivity contribution in [2.75, 3.05) is 13.2 Å². The summed E-state index contributed by atoms with van der Waals surface area (Å²) in [5.41, 5.74) is 2.71. The molecule has 1 atom stereocenters. The second kappa shape index (κ2) is 9.46. The molecule has 1 amide bonds. The van der Waals surface area contributed by atoms with Crippen LogP contribution in [0.15, 0.2) is 58.7 Å². The fourth-order valence-corrected chi connectivity index (χ4v) is 4.10. The fraction of sp³-hybridized carbons (Fsp3) is 0.250. The summed E-state index contributed by atoms with van der Waals surface area (Å²) in [4.78, 5) is 12.6. The summed E-state index contributed by atoms with van der Waals surface area (Å²) in [6.07, 6.45) is 5.43. The number of nitriles is 1. The zero-order chi connectivity index (χ0) is 21.8. The van der Waals surface area contributed by atoms with Gasteiger partial charge in [-0.25, -0.2) is 4.39 Å². The van der Waals surface area contributed by atoms with Gasteiger partial charge < -0.3 is 14.6 Å². The molecule has 0 aliphatic carbocycles. The van der Waals surface area contributed by atoms with Crippen LogP contribution in [0.25, 0.3) is 17.0 Å². The molecule has 1 aliphatic heterocycles. The third-order valence-electron chi connectivity index (χ3n) is 5.32. The molecule has 2 aromatic carbocycles. The predicted molar refractivity (Wildman–Crippen MR) is 121 cm³/mol. The first kappa shape index (κ1) is 21.3. The average Bonchev–Trinajstić information content (AvgIpc) is 3.40. The number of hydrogen-bond acceptors (Lipinski definition) is 3. The number of aromatic nitrogens is 1. The number of amides is 1. The van der Waals surface area contributed by atoms with Crippen molar-refractivity contribution in [2.24, 2.45) is 0 Å². The molecule has 1 fully saturated rings. The van der Waals surface area contributed by atoms with E-state index >= 15 is 0 Å². The third-order valence-corrected chi connectivity index (χ3v) is 5.81. The van der Waals surface area contributed by atoms with Gasteiger partial charge in [-0.1, -0.05) is 28.1 Å². The van der Waals surface area contributed by atoms with E-state index in [1.165, 1.54) is 12.1 Å². The fourth-order valence-electron chi connectivity index (χ4n) is 3.74. The largest absolute Gasteiger partial charge is 0.376 e. The Morgan fingerprint density at radius 3 is 2.84 bits per heavy atom. The van der Waals surface area contributed by atoms with E-state index in [-0.39, 0.29) is 17.5 Å². The van der Waals surface area contributed by atoms with Crippen molar-refractivity contribution in [2.45, 2.75) is 25.5 Å². The highest BCUT2D eigenvalue weighted by Gasteiger charge is 2.18. The van der Waals surface area contributed by atoms with Crippen molar-refractivity contribution in [1.29, 1.82) is 5.26 Å². The van der Waals surface area contributed by atoms with Gasteiger partial charge in [-0.2, -0.15) is 5.26 Å². The predicted octanol–water partition coefficient (Wildman–Crippen LogP) is 4.79. The van der Waals surface area contributed by atoms with Gasteiger partial charge in [-0.05, 0) is 54.8 Å². The highest BCUT2D eigenvalue weighted by molar-refractivity contribution is 9.10. The van der Waals surface area contributed by atoms with Crippen LogP contribution in [0.3, 0.4) is 0 Å². The lowest BCUT2D eigenvalue weighted by atomic mass is 10.1. The second-order valence-corrected chi connectivity index (χ2v) is 8.43. The number of nitrogens with zero attached hydrogens (tertiary/aromatic N) is 2. The normalized spacial score (nSPS) is 16.4. The molecule has 0 saturated carbocycles. The van der Waals surface area contributed by atoms with Crippen LogP contribution >= 0.6 is 15.9 Å². The van der Waals surface area contributed by atoms with Crippen LogP contribution < -0.4 is 5.32 Å². The Morgan fingerprint density at radius 1 is 1.32 bits per heavy atom. The number of carbonyl (C=O) groups is 1. The maximum absolute atomic E-state index is 13.3. The maximum Gasteiger partial charge on any atom is 0.262 e. The van der Waals surface area contributed by atoms with E-state index in [1.807, 2.05) is 35.0 Å². The monoisotopic (exact) mass is 481 g/mol. The van der Waals surface area contributed by atoms with Gasteiger partial charge in [0.2, 0.25) is 0 Å². The third kappa shape index (κ3) is 5.04. The Balaban J connectivity index is 1.63. The minimum Gasteiger partial charge on any atom is -0.376 e. The van der Waals surface area contributed by atoms with Crippen LogP contribution in [0.5, 0.6) is 0 Å². The van der Waals surface area contributed by atoms with Gasteiger partial charge in [-0.3, -0.25) is 4.79 Å². The van der Waals surface area contributed by atoms with E-state index in [9.17, 15) is 14.4 Å². The molecule has 31 heavy (non-hydrogen) atoms. The highest BCUT2D eigenvalue weighted by atomic mass is 79.9. The van der Waals surface area contributed by atoms with Crippen LogP contribution in [0.4, 0.5) is 4.39 Å². The summed E-state index contributed by atoms with van der Waals surface area (Å²) in [6, 6.07) is 14.3. The van der Waals surface area contributed by atoms with E-state index in [0.717, 1.165) is 39.3 Å². The Hall–Kier alpha value is -2.95. The molecule has 0 bridgehead atoms. The summed E-state index contributed by atoms with van der Waals surface area (Å²) in [6.45, 7) is 1.65. The lowest BCUT2D eigenvalue weighted by Crippen LogP contribution is -2.32. The van der Waals surface area contributed by atoms with E-state index in [2.05, 4.69) is 21.2 Å². The van der Waals surface area contributed by atoms with Crippen molar-refractivity contribution in [3.63, 3.8) is 0 Å².